The molecule has 1 aliphatic rings. The van der Waals surface area contributed by atoms with E-state index in [2.05, 4.69) is 45.0 Å². The Kier molecular flexibility index (Phi) is 5.28. The Morgan fingerprint density at radius 3 is 2.32 bits per heavy atom. The number of carbonyl (C=O) groups is 1. The Hall–Kier alpha value is -1.35. The molecule has 0 saturated heterocycles. The van der Waals surface area contributed by atoms with Crippen molar-refractivity contribution in [3.05, 3.63) is 35.4 Å². The summed E-state index contributed by atoms with van der Waals surface area (Å²) in [4.78, 5) is 14.3. The molecule has 3 nitrogen and oxygen atoms in total. The van der Waals surface area contributed by atoms with Crippen LogP contribution < -0.4 is 0 Å². The number of hydrogen-bond acceptors (Lipinski definition) is 2. The highest BCUT2D eigenvalue weighted by molar-refractivity contribution is 5.79. The van der Waals surface area contributed by atoms with Gasteiger partial charge in [-0.3, -0.25) is 4.79 Å². The van der Waals surface area contributed by atoms with E-state index in [1.54, 1.807) is 0 Å². The number of amides is 1. The minimum atomic E-state index is 0.152. The minimum Gasteiger partial charge on any atom is -0.378 e. The molecule has 0 N–H and O–H groups in total. The van der Waals surface area contributed by atoms with Gasteiger partial charge in [0.2, 0.25) is 5.91 Å². The smallest absolute Gasteiger partial charge is 0.226 e. The Morgan fingerprint density at radius 1 is 1.23 bits per heavy atom. The van der Waals surface area contributed by atoms with Crippen molar-refractivity contribution in [2.75, 3.05) is 13.7 Å². The predicted molar refractivity (Wildman–Crippen MR) is 90.1 cm³/mol. The third-order valence-electron chi connectivity index (χ3n) is 4.59. The number of hydrogen-bond donors (Lipinski definition) is 0. The Balaban J connectivity index is 1.87. The van der Waals surface area contributed by atoms with Gasteiger partial charge in [-0.05, 0) is 36.3 Å². The quantitative estimate of drug-likeness (QED) is 0.832. The van der Waals surface area contributed by atoms with Crippen molar-refractivity contribution in [1.29, 1.82) is 0 Å². The molecular weight excluding hydrogens is 274 g/mol. The van der Waals surface area contributed by atoms with Crippen molar-refractivity contribution >= 4 is 5.91 Å². The van der Waals surface area contributed by atoms with Crippen LogP contribution in [0.15, 0.2) is 24.3 Å². The molecule has 0 heterocycles. The van der Waals surface area contributed by atoms with Gasteiger partial charge in [0, 0.05) is 19.7 Å². The lowest BCUT2D eigenvalue weighted by Gasteiger charge is -2.40. The van der Waals surface area contributed by atoms with Gasteiger partial charge in [-0.15, -0.1) is 0 Å². The van der Waals surface area contributed by atoms with Gasteiger partial charge in [-0.2, -0.15) is 0 Å². The first-order valence-electron chi connectivity index (χ1n) is 8.28. The fourth-order valence-corrected chi connectivity index (χ4v) is 2.85. The summed E-state index contributed by atoms with van der Waals surface area (Å²) < 4.78 is 5.56. The highest BCUT2D eigenvalue weighted by Crippen LogP contribution is 2.28. The molecule has 1 fully saturated rings. The van der Waals surface area contributed by atoms with Crippen molar-refractivity contribution in [2.24, 2.45) is 0 Å². The van der Waals surface area contributed by atoms with E-state index in [4.69, 9.17) is 4.74 Å². The summed E-state index contributed by atoms with van der Waals surface area (Å²) in [5.74, 6) is 0.198. The monoisotopic (exact) mass is 303 g/mol. The summed E-state index contributed by atoms with van der Waals surface area (Å²) in [6.45, 7) is 9.38. The fourth-order valence-electron chi connectivity index (χ4n) is 2.85. The summed E-state index contributed by atoms with van der Waals surface area (Å²) in [6, 6.07) is 8.78. The second-order valence-electron chi connectivity index (χ2n) is 7.33. The van der Waals surface area contributed by atoms with Gasteiger partial charge in [-0.25, -0.2) is 0 Å². The number of carbonyl (C=O) groups excluding carboxylic acids is 1. The summed E-state index contributed by atoms with van der Waals surface area (Å²) in [7, 11) is 1.92. The van der Waals surface area contributed by atoms with E-state index < -0.39 is 0 Å². The topological polar surface area (TPSA) is 29.5 Å². The molecule has 122 valence electrons. The lowest BCUT2D eigenvalue weighted by molar-refractivity contribution is -0.136. The summed E-state index contributed by atoms with van der Waals surface area (Å²) in [6.07, 6.45) is 2.77. The molecular formula is C19H29NO2. The zero-order valence-electron chi connectivity index (χ0n) is 14.6. The molecule has 1 aliphatic carbocycles. The zero-order chi connectivity index (χ0) is 16.3. The lowest BCUT2D eigenvalue weighted by Crippen LogP contribution is -2.49. The zero-order valence-corrected chi connectivity index (χ0v) is 14.6. The Labute approximate surface area is 134 Å². The van der Waals surface area contributed by atoms with E-state index in [0.717, 1.165) is 25.0 Å². The van der Waals surface area contributed by atoms with Gasteiger partial charge in [0.05, 0.1) is 12.5 Å². The average Bonchev–Trinajstić information content (AvgIpc) is 2.41. The van der Waals surface area contributed by atoms with Crippen LogP contribution >= 0.6 is 0 Å². The Bertz CT molecular complexity index is 495. The first-order chi connectivity index (χ1) is 10.3. The van der Waals surface area contributed by atoms with Crippen LogP contribution in [0, 0.1) is 0 Å². The maximum atomic E-state index is 12.4. The van der Waals surface area contributed by atoms with E-state index in [1.807, 2.05) is 18.9 Å². The van der Waals surface area contributed by atoms with Crippen LogP contribution in [0.25, 0.3) is 0 Å². The molecule has 2 rings (SSSR count). The predicted octanol–water partition coefficient (Wildman–Crippen LogP) is 3.55. The fraction of sp³-hybridized carbons (Fsp3) is 0.632. The number of likely N-dealkylation sites (N-methyl/N-ethyl adjacent to an activating group) is 1. The first kappa shape index (κ1) is 17.0. The van der Waals surface area contributed by atoms with E-state index in [-0.39, 0.29) is 11.3 Å². The number of rotatable bonds is 5. The van der Waals surface area contributed by atoms with Crippen LogP contribution in [0.2, 0.25) is 0 Å². The van der Waals surface area contributed by atoms with Gasteiger partial charge in [0.1, 0.15) is 0 Å². The molecule has 22 heavy (non-hydrogen) atoms. The van der Waals surface area contributed by atoms with Crippen LogP contribution in [0.1, 0.15) is 51.7 Å². The van der Waals surface area contributed by atoms with Gasteiger partial charge in [0.25, 0.3) is 0 Å². The van der Waals surface area contributed by atoms with Crippen LogP contribution in [-0.4, -0.2) is 36.6 Å². The number of nitrogens with zero attached hydrogens (tertiary/aromatic N) is 1. The molecule has 0 unspecified atom stereocenters. The summed E-state index contributed by atoms with van der Waals surface area (Å²) in [5, 5.41) is 0. The van der Waals surface area contributed by atoms with Crippen molar-refractivity contribution in [3.63, 3.8) is 0 Å². The van der Waals surface area contributed by atoms with Crippen LogP contribution in [0.3, 0.4) is 0 Å². The highest BCUT2D eigenvalue weighted by Gasteiger charge is 2.34. The van der Waals surface area contributed by atoms with Crippen LogP contribution in [0.4, 0.5) is 0 Å². The maximum absolute atomic E-state index is 12.4. The van der Waals surface area contributed by atoms with E-state index >= 15 is 0 Å². The lowest BCUT2D eigenvalue weighted by atomic mass is 9.86. The van der Waals surface area contributed by atoms with Gasteiger partial charge in [-0.1, -0.05) is 45.0 Å². The first-order valence-corrected chi connectivity index (χ1v) is 8.28. The van der Waals surface area contributed by atoms with Crippen molar-refractivity contribution in [2.45, 2.75) is 64.5 Å². The van der Waals surface area contributed by atoms with Crippen LogP contribution in [-0.2, 0) is 21.4 Å². The Morgan fingerprint density at radius 2 is 1.82 bits per heavy atom. The van der Waals surface area contributed by atoms with Crippen molar-refractivity contribution in [3.8, 4) is 0 Å². The molecule has 0 radical (unpaired) electrons. The maximum Gasteiger partial charge on any atom is 0.226 e. The standard InChI is InChI=1S/C19H29NO2/c1-6-22-17-12-16(13-17)20(5)18(21)11-14-7-9-15(10-8-14)19(2,3)4/h7-10,16-17H,6,11-13H2,1-5H3. The molecule has 1 aromatic carbocycles. The van der Waals surface area contributed by atoms with E-state index in [1.165, 1.54) is 5.56 Å². The number of benzene rings is 1. The van der Waals surface area contributed by atoms with E-state index in [9.17, 15) is 4.79 Å². The molecule has 0 atom stereocenters. The van der Waals surface area contributed by atoms with Crippen molar-refractivity contribution in [1.82, 2.24) is 4.90 Å². The van der Waals surface area contributed by atoms with Crippen LogP contribution in [0.5, 0.6) is 0 Å². The van der Waals surface area contributed by atoms with Crippen molar-refractivity contribution < 1.29 is 9.53 Å². The van der Waals surface area contributed by atoms with E-state index in [0.29, 0.717) is 18.6 Å². The second kappa shape index (κ2) is 6.82. The third-order valence-corrected chi connectivity index (χ3v) is 4.59. The molecule has 1 amide bonds. The van der Waals surface area contributed by atoms with Gasteiger partial charge in [0.15, 0.2) is 0 Å². The largest absolute Gasteiger partial charge is 0.378 e. The minimum absolute atomic E-state index is 0.152. The van der Waals surface area contributed by atoms with Gasteiger partial charge < -0.3 is 9.64 Å². The summed E-state index contributed by atoms with van der Waals surface area (Å²) in [5.41, 5.74) is 2.54. The molecule has 0 aromatic heterocycles. The van der Waals surface area contributed by atoms with Gasteiger partial charge >= 0.3 is 0 Å². The molecule has 1 saturated carbocycles. The molecule has 0 spiro atoms. The summed E-state index contributed by atoms with van der Waals surface area (Å²) >= 11 is 0. The number of ether oxygens (including phenoxy) is 1. The second-order valence-corrected chi connectivity index (χ2v) is 7.33. The molecule has 1 aromatic rings. The SMILES string of the molecule is CCOC1CC(N(C)C(=O)Cc2ccc(C(C)(C)C)cc2)C1. The molecule has 0 aliphatic heterocycles. The molecule has 3 heteroatoms. The average molecular weight is 303 g/mol. The normalized spacial score (nSPS) is 21.3. The highest BCUT2D eigenvalue weighted by atomic mass is 16.5. The molecule has 0 bridgehead atoms. The third kappa shape index (κ3) is 4.10.